The minimum atomic E-state index is -1.23. The summed E-state index contributed by atoms with van der Waals surface area (Å²) in [6, 6.07) is 0. The number of carbonyl (C=O) groups excluding carboxylic acids is 2. The summed E-state index contributed by atoms with van der Waals surface area (Å²) in [6.07, 6.45) is 0.722. The number of nitrogens with one attached hydrogen (secondary N) is 1. The van der Waals surface area contributed by atoms with Gasteiger partial charge in [0.2, 0.25) is 0 Å². The first-order chi connectivity index (χ1) is 7.68. The van der Waals surface area contributed by atoms with E-state index in [1.165, 1.54) is 4.90 Å². The number of hydrogen-bond donors (Lipinski definition) is 1. The molecular formula is C12H23NO4. The van der Waals surface area contributed by atoms with Gasteiger partial charge in [0.1, 0.15) is 0 Å². The SMILES string of the molecule is C=C(C)C(=O)OCC.C=CC(=O)[O-].C[NH+](C)C. The van der Waals surface area contributed by atoms with Gasteiger partial charge in [-0.1, -0.05) is 13.2 Å². The van der Waals surface area contributed by atoms with Crippen LogP contribution in [0.15, 0.2) is 24.8 Å². The van der Waals surface area contributed by atoms with E-state index in [4.69, 9.17) is 9.90 Å². The number of carboxylic acid groups (broad SMARTS) is 1. The summed E-state index contributed by atoms with van der Waals surface area (Å²) in [4.78, 5) is 21.0. The lowest BCUT2D eigenvalue weighted by molar-refractivity contribution is -0.836. The first-order valence-electron chi connectivity index (χ1n) is 5.11. The number of esters is 1. The molecule has 100 valence electrons. The van der Waals surface area contributed by atoms with E-state index in [1.807, 2.05) is 0 Å². The fourth-order valence-corrected chi connectivity index (χ4v) is 0.254. The molecule has 0 aliphatic rings. The molecule has 0 atom stereocenters. The molecule has 0 fully saturated rings. The highest BCUT2D eigenvalue weighted by Gasteiger charge is 1.98. The van der Waals surface area contributed by atoms with Crippen molar-refractivity contribution >= 4 is 11.9 Å². The lowest BCUT2D eigenvalue weighted by Gasteiger charge is -1.96. The molecule has 0 aliphatic carbocycles. The van der Waals surface area contributed by atoms with Crippen molar-refractivity contribution < 1.29 is 24.3 Å². The van der Waals surface area contributed by atoms with Gasteiger partial charge in [0.05, 0.1) is 33.7 Å². The highest BCUT2D eigenvalue weighted by molar-refractivity contribution is 5.86. The molecule has 0 radical (unpaired) electrons. The smallest absolute Gasteiger partial charge is 0.333 e. The third-order valence-corrected chi connectivity index (χ3v) is 0.791. The highest BCUT2D eigenvalue weighted by Crippen LogP contribution is 1.89. The maximum absolute atomic E-state index is 10.4. The van der Waals surface area contributed by atoms with Gasteiger partial charge in [-0.3, -0.25) is 0 Å². The molecular weight excluding hydrogens is 222 g/mol. The molecule has 0 spiro atoms. The second-order valence-electron chi connectivity index (χ2n) is 3.52. The van der Waals surface area contributed by atoms with Crippen LogP contribution in [0.4, 0.5) is 0 Å². The Kier molecular flexibility index (Phi) is 17.6. The maximum atomic E-state index is 10.4. The van der Waals surface area contributed by atoms with Crippen LogP contribution < -0.4 is 10.0 Å². The largest absolute Gasteiger partial charge is 0.545 e. The summed E-state index contributed by atoms with van der Waals surface area (Å²) < 4.78 is 4.56. The minimum absolute atomic E-state index is 0.312. The van der Waals surface area contributed by atoms with Crippen molar-refractivity contribution in [2.45, 2.75) is 13.8 Å². The maximum Gasteiger partial charge on any atom is 0.333 e. The molecule has 0 aliphatic heterocycles. The van der Waals surface area contributed by atoms with E-state index in [9.17, 15) is 4.79 Å². The summed E-state index contributed by atoms with van der Waals surface area (Å²) in [6.45, 7) is 10.1. The van der Waals surface area contributed by atoms with E-state index in [0.29, 0.717) is 12.2 Å². The molecule has 0 aromatic carbocycles. The number of ether oxygens (including phenoxy) is 1. The van der Waals surface area contributed by atoms with E-state index >= 15 is 0 Å². The van der Waals surface area contributed by atoms with Crippen molar-refractivity contribution in [3.05, 3.63) is 24.8 Å². The van der Waals surface area contributed by atoms with Crippen molar-refractivity contribution in [1.82, 2.24) is 0 Å². The van der Waals surface area contributed by atoms with E-state index in [1.54, 1.807) is 13.8 Å². The summed E-state index contributed by atoms with van der Waals surface area (Å²) >= 11 is 0. The molecule has 0 aromatic rings. The number of quaternary nitrogens is 1. The van der Waals surface area contributed by atoms with E-state index in [0.717, 1.165) is 6.08 Å². The van der Waals surface area contributed by atoms with Gasteiger partial charge in [0.15, 0.2) is 0 Å². The average Bonchev–Trinajstić information content (AvgIpc) is 2.18. The van der Waals surface area contributed by atoms with Crippen molar-refractivity contribution in [2.24, 2.45) is 0 Å². The second-order valence-corrected chi connectivity index (χ2v) is 3.52. The number of carbonyl (C=O) groups is 2. The first kappa shape index (κ1) is 20.8. The Labute approximate surface area is 103 Å². The molecule has 17 heavy (non-hydrogen) atoms. The Hall–Kier alpha value is -1.62. The number of aliphatic carboxylic acids is 1. The molecule has 0 amide bonds. The van der Waals surface area contributed by atoms with Crippen LogP contribution in [0.1, 0.15) is 13.8 Å². The van der Waals surface area contributed by atoms with Crippen LogP contribution in [0, 0.1) is 0 Å². The van der Waals surface area contributed by atoms with Crippen LogP contribution in [-0.4, -0.2) is 39.7 Å². The minimum Gasteiger partial charge on any atom is -0.545 e. The quantitative estimate of drug-likeness (QED) is 0.501. The summed E-state index contributed by atoms with van der Waals surface area (Å²) in [5, 5.41) is 9.14. The van der Waals surface area contributed by atoms with E-state index < -0.39 is 5.97 Å². The molecule has 0 heterocycles. The van der Waals surface area contributed by atoms with Crippen molar-refractivity contribution in [2.75, 3.05) is 27.7 Å². The Morgan fingerprint density at radius 2 is 1.65 bits per heavy atom. The Morgan fingerprint density at radius 3 is 1.71 bits per heavy atom. The van der Waals surface area contributed by atoms with Crippen LogP contribution in [0.25, 0.3) is 0 Å². The van der Waals surface area contributed by atoms with Gasteiger partial charge < -0.3 is 19.5 Å². The summed E-state index contributed by atoms with van der Waals surface area (Å²) in [5.74, 6) is -1.54. The van der Waals surface area contributed by atoms with Crippen LogP contribution in [-0.2, 0) is 14.3 Å². The number of carboxylic acids is 1. The monoisotopic (exact) mass is 245 g/mol. The molecule has 5 heteroatoms. The fraction of sp³-hybridized carbons (Fsp3) is 0.500. The zero-order chi connectivity index (χ0) is 14.4. The molecule has 0 aromatic heterocycles. The Morgan fingerprint density at radius 1 is 1.35 bits per heavy atom. The van der Waals surface area contributed by atoms with Gasteiger partial charge >= 0.3 is 5.97 Å². The third kappa shape index (κ3) is 40.5. The van der Waals surface area contributed by atoms with Gasteiger partial charge in [-0.2, -0.15) is 0 Å². The fourth-order valence-electron chi connectivity index (χ4n) is 0.254. The second kappa shape index (κ2) is 14.4. The van der Waals surface area contributed by atoms with Crippen LogP contribution in [0.3, 0.4) is 0 Å². The molecule has 0 saturated carbocycles. The van der Waals surface area contributed by atoms with Gasteiger partial charge in [-0.25, -0.2) is 4.79 Å². The van der Waals surface area contributed by atoms with Gasteiger partial charge in [0.25, 0.3) is 0 Å². The van der Waals surface area contributed by atoms with Gasteiger partial charge in [-0.15, -0.1) is 0 Å². The topological polar surface area (TPSA) is 70.9 Å². The number of rotatable bonds is 3. The Bertz CT molecular complexity index is 244. The molecule has 0 saturated heterocycles. The van der Waals surface area contributed by atoms with E-state index in [2.05, 4.69) is 39.0 Å². The molecule has 0 bridgehead atoms. The van der Waals surface area contributed by atoms with Crippen LogP contribution in [0.2, 0.25) is 0 Å². The number of hydrogen-bond acceptors (Lipinski definition) is 4. The zero-order valence-electron chi connectivity index (χ0n) is 11.3. The van der Waals surface area contributed by atoms with Crippen molar-refractivity contribution in [3.63, 3.8) is 0 Å². The van der Waals surface area contributed by atoms with E-state index in [-0.39, 0.29) is 5.97 Å². The lowest BCUT2D eigenvalue weighted by atomic mass is 10.4. The highest BCUT2D eigenvalue weighted by atomic mass is 16.5. The molecule has 5 nitrogen and oxygen atoms in total. The van der Waals surface area contributed by atoms with Crippen molar-refractivity contribution in [3.8, 4) is 0 Å². The zero-order valence-corrected chi connectivity index (χ0v) is 11.3. The third-order valence-electron chi connectivity index (χ3n) is 0.791. The Balaban J connectivity index is -0.000000188. The summed E-state index contributed by atoms with van der Waals surface area (Å²) in [7, 11) is 6.25. The standard InChI is InChI=1S/C6H10O2.C3H9N.C3H4O2/c1-4-8-6(7)5(2)3;1-4(2)3;1-2-3(4)5/h2,4H2,1,3H3;1-3H3;2H,1H2,(H,4,5). The van der Waals surface area contributed by atoms with Crippen molar-refractivity contribution in [1.29, 1.82) is 0 Å². The van der Waals surface area contributed by atoms with Gasteiger partial charge in [-0.05, 0) is 19.9 Å². The first-order valence-corrected chi connectivity index (χ1v) is 5.11. The molecule has 1 N–H and O–H groups in total. The normalized spacial score (nSPS) is 7.88. The lowest BCUT2D eigenvalue weighted by Crippen LogP contribution is -3.02. The predicted octanol–water partition coefficient (Wildman–Crippen LogP) is -1.19. The van der Waals surface area contributed by atoms with Gasteiger partial charge in [0, 0.05) is 5.57 Å². The van der Waals surface area contributed by atoms with Crippen LogP contribution in [0.5, 0.6) is 0 Å². The molecule has 0 rings (SSSR count). The molecule has 0 unspecified atom stereocenters. The summed E-state index contributed by atoms with van der Waals surface area (Å²) in [5.41, 5.74) is 0.451. The predicted molar refractivity (Wildman–Crippen MR) is 65.4 cm³/mol. The average molecular weight is 245 g/mol. The van der Waals surface area contributed by atoms with Crippen LogP contribution >= 0.6 is 0 Å².